The summed E-state index contributed by atoms with van der Waals surface area (Å²) in [5.41, 5.74) is 2.15. The molecule has 1 aliphatic heterocycles. The zero-order chi connectivity index (χ0) is 13.8. The van der Waals surface area contributed by atoms with Gasteiger partial charge in [-0.25, -0.2) is 0 Å². The first kappa shape index (κ1) is 16.5. The van der Waals surface area contributed by atoms with E-state index in [9.17, 15) is 0 Å². The average Bonchev–Trinajstić information content (AvgIpc) is 3.29. The molecule has 2 aromatic rings. The third-order valence-electron chi connectivity index (χ3n) is 3.07. The van der Waals surface area contributed by atoms with E-state index in [1.165, 1.54) is 0 Å². The molecule has 1 unspecified atom stereocenters. The first-order chi connectivity index (χ1) is 9.81. The molecule has 3 rings (SSSR count). The molecule has 0 N–H and O–H groups in total. The zero-order valence-electron chi connectivity index (χ0n) is 12.0. The van der Waals surface area contributed by atoms with Gasteiger partial charge in [-0.3, -0.25) is 0 Å². The Morgan fingerprint density at radius 2 is 1.90 bits per heavy atom. The maximum absolute atomic E-state index is 5.84. The summed E-state index contributed by atoms with van der Waals surface area (Å²) < 4.78 is 16.7. The maximum atomic E-state index is 5.84. The third-order valence-corrected chi connectivity index (χ3v) is 3.07. The SMILES string of the molecule is Cc1[c-]c(OCc2ccccc2)c(OCC2CO2)cc1.[Y+3]. The van der Waals surface area contributed by atoms with Crippen molar-refractivity contribution < 1.29 is 46.9 Å². The van der Waals surface area contributed by atoms with Gasteiger partial charge in [0.2, 0.25) is 0 Å². The van der Waals surface area contributed by atoms with Gasteiger partial charge in [0, 0.05) is 11.5 Å². The monoisotopic (exact) mass is 358 g/mol. The van der Waals surface area contributed by atoms with E-state index in [0.29, 0.717) is 19.0 Å². The van der Waals surface area contributed by atoms with Crippen LogP contribution in [0.15, 0.2) is 42.5 Å². The molecule has 0 radical (unpaired) electrons. The average molecular weight is 358 g/mol. The Kier molecular flexibility index (Phi) is 6.22. The number of ether oxygens (including phenoxy) is 3. The second-order valence-electron chi connectivity index (χ2n) is 4.88. The smallest absolute Gasteiger partial charge is 0.545 e. The molecule has 1 heterocycles. The molecule has 0 amide bonds. The molecule has 0 spiro atoms. The fraction of sp³-hybridized carbons (Fsp3) is 0.294. The van der Waals surface area contributed by atoms with Crippen LogP contribution in [0.2, 0.25) is 0 Å². The summed E-state index contributed by atoms with van der Waals surface area (Å²) in [7, 11) is 0. The van der Waals surface area contributed by atoms with Crippen LogP contribution in [0.3, 0.4) is 0 Å². The van der Waals surface area contributed by atoms with Gasteiger partial charge in [0.05, 0.1) is 6.61 Å². The van der Waals surface area contributed by atoms with Gasteiger partial charge in [-0.2, -0.15) is 11.6 Å². The van der Waals surface area contributed by atoms with Gasteiger partial charge in [0.25, 0.3) is 0 Å². The van der Waals surface area contributed by atoms with E-state index in [4.69, 9.17) is 14.2 Å². The Morgan fingerprint density at radius 3 is 2.62 bits per heavy atom. The molecule has 0 aromatic heterocycles. The van der Waals surface area contributed by atoms with Crippen LogP contribution in [0.5, 0.6) is 11.5 Å². The maximum Gasteiger partial charge on any atom is 3.00 e. The van der Waals surface area contributed by atoms with Crippen LogP contribution in [0, 0.1) is 13.0 Å². The minimum absolute atomic E-state index is 0. The summed E-state index contributed by atoms with van der Waals surface area (Å²) in [6, 6.07) is 17.2. The van der Waals surface area contributed by atoms with E-state index in [1.54, 1.807) is 0 Å². The second kappa shape index (κ2) is 7.93. The van der Waals surface area contributed by atoms with Crippen molar-refractivity contribution in [3.63, 3.8) is 0 Å². The van der Waals surface area contributed by atoms with Gasteiger partial charge in [0.1, 0.15) is 19.3 Å². The molecule has 1 aliphatic rings. The predicted molar refractivity (Wildman–Crippen MR) is 76.0 cm³/mol. The predicted octanol–water partition coefficient (Wildman–Crippen LogP) is 3.15. The van der Waals surface area contributed by atoms with Crippen molar-refractivity contribution in [3.8, 4) is 11.5 Å². The van der Waals surface area contributed by atoms with E-state index in [-0.39, 0.29) is 38.8 Å². The minimum atomic E-state index is 0. The summed E-state index contributed by atoms with van der Waals surface area (Å²) in [6.07, 6.45) is 0.235. The van der Waals surface area contributed by atoms with Crippen LogP contribution in [0.4, 0.5) is 0 Å². The number of benzene rings is 2. The quantitative estimate of drug-likeness (QED) is 0.587. The Labute approximate surface area is 150 Å². The second-order valence-corrected chi connectivity index (χ2v) is 4.88. The molecule has 21 heavy (non-hydrogen) atoms. The van der Waals surface area contributed by atoms with E-state index in [1.807, 2.05) is 49.4 Å². The molecule has 0 bridgehead atoms. The summed E-state index contributed by atoms with van der Waals surface area (Å²) >= 11 is 0. The molecule has 2 aromatic carbocycles. The van der Waals surface area contributed by atoms with Crippen LogP contribution in [-0.4, -0.2) is 19.3 Å². The molecular formula is C17H17O3Y+2. The van der Waals surface area contributed by atoms with Crippen molar-refractivity contribution in [2.24, 2.45) is 0 Å². The van der Waals surface area contributed by atoms with Crippen molar-refractivity contribution in [2.75, 3.05) is 13.2 Å². The summed E-state index contributed by atoms with van der Waals surface area (Å²) in [5, 5.41) is 0. The summed E-state index contributed by atoms with van der Waals surface area (Å²) in [4.78, 5) is 0. The Bertz CT molecular complexity index is 568. The Balaban J connectivity index is 0.00000161. The van der Waals surface area contributed by atoms with Gasteiger partial charge in [-0.05, 0) is 5.56 Å². The third kappa shape index (κ3) is 5.10. The topological polar surface area (TPSA) is 31.0 Å². The number of aryl methyl sites for hydroxylation is 1. The molecule has 1 fully saturated rings. The van der Waals surface area contributed by atoms with E-state index < -0.39 is 0 Å². The fourth-order valence-corrected chi connectivity index (χ4v) is 1.86. The number of epoxide rings is 1. The van der Waals surface area contributed by atoms with Crippen molar-refractivity contribution in [3.05, 3.63) is 59.7 Å². The van der Waals surface area contributed by atoms with Gasteiger partial charge in [-0.15, -0.1) is 12.1 Å². The van der Waals surface area contributed by atoms with Crippen molar-refractivity contribution >= 4 is 0 Å². The number of rotatable bonds is 6. The zero-order valence-corrected chi connectivity index (χ0v) is 14.9. The van der Waals surface area contributed by atoms with Crippen LogP contribution >= 0.6 is 0 Å². The molecule has 0 saturated carbocycles. The van der Waals surface area contributed by atoms with E-state index >= 15 is 0 Å². The van der Waals surface area contributed by atoms with E-state index in [0.717, 1.165) is 23.5 Å². The number of hydrogen-bond acceptors (Lipinski definition) is 3. The van der Waals surface area contributed by atoms with Crippen LogP contribution < -0.4 is 9.47 Å². The minimum Gasteiger partial charge on any atom is -0.545 e. The van der Waals surface area contributed by atoms with Gasteiger partial charge in [-0.1, -0.05) is 37.3 Å². The molecule has 0 aliphatic carbocycles. The Morgan fingerprint density at radius 1 is 1.14 bits per heavy atom. The first-order valence-corrected chi connectivity index (χ1v) is 6.75. The van der Waals surface area contributed by atoms with Crippen LogP contribution in [0.1, 0.15) is 11.1 Å². The van der Waals surface area contributed by atoms with E-state index in [2.05, 4.69) is 6.07 Å². The van der Waals surface area contributed by atoms with Crippen molar-refractivity contribution in [1.82, 2.24) is 0 Å². The molecule has 1 atom stereocenters. The van der Waals surface area contributed by atoms with Gasteiger partial charge in [0.15, 0.2) is 0 Å². The van der Waals surface area contributed by atoms with Gasteiger partial charge >= 0.3 is 32.7 Å². The van der Waals surface area contributed by atoms with Crippen molar-refractivity contribution in [2.45, 2.75) is 19.6 Å². The summed E-state index contributed by atoms with van der Waals surface area (Å²) in [5.74, 6) is 1.39. The molecule has 4 heteroatoms. The Hall–Kier alpha value is -0.896. The number of hydrogen-bond donors (Lipinski definition) is 0. The summed E-state index contributed by atoms with van der Waals surface area (Å²) in [6.45, 7) is 3.86. The molecular weight excluding hydrogens is 341 g/mol. The largest absolute Gasteiger partial charge is 3.00 e. The van der Waals surface area contributed by atoms with Crippen LogP contribution in [-0.2, 0) is 44.1 Å². The molecule has 104 valence electrons. The van der Waals surface area contributed by atoms with Crippen LogP contribution in [0.25, 0.3) is 0 Å². The van der Waals surface area contributed by atoms with Gasteiger partial charge < -0.3 is 14.2 Å². The standard InChI is InChI=1S/C17H17O3.Y/c1-13-7-8-16(20-12-15-11-18-15)17(9-13)19-10-14-5-3-2-4-6-14;/h2-8,15H,10-12H2,1H3;/q-1;+3. The molecule has 1 saturated heterocycles. The first-order valence-electron chi connectivity index (χ1n) is 6.75. The van der Waals surface area contributed by atoms with Crippen molar-refractivity contribution in [1.29, 1.82) is 0 Å². The molecule has 3 nitrogen and oxygen atoms in total. The fourth-order valence-electron chi connectivity index (χ4n) is 1.86. The normalized spacial score (nSPS) is 16.0.